The molecule has 2 aliphatic rings. The van der Waals surface area contributed by atoms with Gasteiger partial charge in [0, 0.05) is 29.4 Å². The Hall–Kier alpha value is -1.31. The van der Waals surface area contributed by atoms with E-state index in [0.717, 1.165) is 18.7 Å². The summed E-state index contributed by atoms with van der Waals surface area (Å²) in [6, 6.07) is 6.30. The summed E-state index contributed by atoms with van der Waals surface area (Å²) in [5.74, 6) is 0.695. The van der Waals surface area contributed by atoms with Crippen LogP contribution in [-0.4, -0.2) is 12.3 Å². The van der Waals surface area contributed by atoms with E-state index in [-0.39, 0.29) is 0 Å². The van der Waals surface area contributed by atoms with Crippen molar-refractivity contribution in [2.75, 3.05) is 12.3 Å². The minimum Gasteiger partial charge on any atom is -0.399 e. The number of nitrogens with zero attached hydrogens (tertiary/aromatic N) is 1. The van der Waals surface area contributed by atoms with Crippen LogP contribution in [0.15, 0.2) is 23.2 Å². The second kappa shape index (κ2) is 3.93. The van der Waals surface area contributed by atoms with Gasteiger partial charge in [-0.05, 0) is 37.0 Å². The maximum absolute atomic E-state index is 5.89. The second-order valence-corrected chi connectivity index (χ2v) is 4.91. The number of nitrogen functional groups attached to an aromatic ring is 1. The molecular weight excluding hydrogens is 196 g/mol. The van der Waals surface area contributed by atoms with Crippen LogP contribution in [0.4, 0.5) is 5.69 Å². The standard InChI is InChI=1S/C14H18N2/c15-12-6-5-10-7-8-16-14(13(10)9-12)11-3-1-2-4-11/h5-6,9,11H,1-4,7-8,15H2. The Kier molecular flexibility index (Phi) is 2.43. The molecule has 84 valence electrons. The Morgan fingerprint density at radius 1 is 1.19 bits per heavy atom. The van der Waals surface area contributed by atoms with E-state index >= 15 is 0 Å². The minimum absolute atomic E-state index is 0.695. The van der Waals surface area contributed by atoms with E-state index in [1.54, 1.807) is 0 Å². The fourth-order valence-corrected chi connectivity index (χ4v) is 2.98. The summed E-state index contributed by atoms with van der Waals surface area (Å²) in [5, 5.41) is 0. The molecule has 2 nitrogen and oxygen atoms in total. The first-order valence-corrected chi connectivity index (χ1v) is 6.28. The first-order chi connectivity index (χ1) is 7.84. The first-order valence-electron chi connectivity index (χ1n) is 6.28. The normalized spacial score (nSPS) is 20.6. The van der Waals surface area contributed by atoms with Gasteiger partial charge in [0.2, 0.25) is 0 Å². The molecular formula is C14H18N2. The predicted octanol–water partition coefficient (Wildman–Crippen LogP) is 2.80. The van der Waals surface area contributed by atoms with Crippen molar-refractivity contribution in [3.8, 4) is 0 Å². The number of aliphatic imine (C=N–C) groups is 1. The van der Waals surface area contributed by atoms with Crippen LogP contribution in [0.25, 0.3) is 0 Å². The smallest absolute Gasteiger partial charge is 0.0455 e. The van der Waals surface area contributed by atoms with Gasteiger partial charge in [-0.15, -0.1) is 0 Å². The molecule has 1 fully saturated rings. The van der Waals surface area contributed by atoms with Crippen LogP contribution >= 0.6 is 0 Å². The van der Waals surface area contributed by atoms with Gasteiger partial charge in [0.25, 0.3) is 0 Å². The second-order valence-electron chi connectivity index (χ2n) is 4.91. The molecule has 1 aliphatic heterocycles. The third-order valence-corrected chi connectivity index (χ3v) is 3.82. The summed E-state index contributed by atoms with van der Waals surface area (Å²) in [7, 11) is 0. The van der Waals surface area contributed by atoms with Crippen molar-refractivity contribution in [2.45, 2.75) is 32.1 Å². The Morgan fingerprint density at radius 3 is 2.81 bits per heavy atom. The molecule has 1 saturated carbocycles. The van der Waals surface area contributed by atoms with Crippen molar-refractivity contribution in [1.82, 2.24) is 0 Å². The van der Waals surface area contributed by atoms with Crippen LogP contribution in [0.5, 0.6) is 0 Å². The van der Waals surface area contributed by atoms with Gasteiger partial charge >= 0.3 is 0 Å². The average Bonchev–Trinajstić information content (AvgIpc) is 2.81. The molecule has 0 bridgehead atoms. The van der Waals surface area contributed by atoms with Crippen molar-refractivity contribution in [3.05, 3.63) is 29.3 Å². The lowest BCUT2D eigenvalue weighted by Gasteiger charge is -2.21. The fourth-order valence-electron chi connectivity index (χ4n) is 2.98. The van der Waals surface area contributed by atoms with E-state index in [0.29, 0.717) is 5.92 Å². The number of nitrogens with two attached hydrogens (primary N) is 1. The zero-order valence-electron chi connectivity index (χ0n) is 9.58. The summed E-state index contributed by atoms with van der Waals surface area (Å²) >= 11 is 0. The molecule has 0 aromatic heterocycles. The van der Waals surface area contributed by atoms with Gasteiger partial charge < -0.3 is 5.73 Å². The summed E-state index contributed by atoms with van der Waals surface area (Å²) in [6.07, 6.45) is 6.43. The van der Waals surface area contributed by atoms with Crippen LogP contribution in [0.3, 0.4) is 0 Å². The molecule has 0 amide bonds. The van der Waals surface area contributed by atoms with Crippen molar-refractivity contribution in [1.29, 1.82) is 0 Å². The Labute approximate surface area is 96.6 Å². The highest BCUT2D eigenvalue weighted by molar-refractivity contribution is 6.04. The number of rotatable bonds is 1. The van der Waals surface area contributed by atoms with Gasteiger partial charge in [-0.2, -0.15) is 0 Å². The zero-order chi connectivity index (χ0) is 11.0. The molecule has 1 aromatic rings. The molecule has 0 spiro atoms. The summed E-state index contributed by atoms with van der Waals surface area (Å²) in [6.45, 7) is 0.961. The Morgan fingerprint density at radius 2 is 2.00 bits per heavy atom. The fraction of sp³-hybridized carbons (Fsp3) is 0.500. The summed E-state index contributed by atoms with van der Waals surface area (Å²) < 4.78 is 0. The third-order valence-electron chi connectivity index (χ3n) is 3.82. The molecule has 1 heterocycles. The van der Waals surface area contributed by atoms with Gasteiger partial charge in [-0.3, -0.25) is 4.99 Å². The Balaban J connectivity index is 2.01. The molecule has 1 aromatic carbocycles. The highest BCUT2D eigenvalue weighted by Gasteiger charge is 2.25. The molecule has 1 aliphatic carbocycles. The number of fused-ring (bicyclic) bond motifs is 1. The molecule has 3 rings (SSSR count). The zero-order valence-corrected chi connectivity index (χ0v) is 9.58. The molecule has 2 N–H and O–H groups in total. The predicted molar refractivity (Wildman–Crippen MR) is 67.9 cm³/mol. The van der Waals surface area contributed by atoms with Crippen LogP contribution in [0.1, 0.15) is 36.8 Å². The van der Waals surface area contributed by atoms with E-state index in [9.17, 15) is 0 Å². The van der Waals surface area contributed by atoms with Gasteiger partial charge in [-0.1, -0.05) is 18.9 Å². The minimum atomic E-state index is 0.695. The number of benzene rings is 1. The topological polar surface area (TPSA) is 38.4 Å². The molecule has 0 unspecified atom stereocenters. The summed E-state index contributed by atoms with van der Waals surface area (Å²) in [4.78, 5) is 4.76. The lowest BCUT2D eigenvalue weighted by Crippen LogP contribution is -2.20. The van der Waals surface area contributed by atoms with Gasteiger partial charge in [0.15, 0.2) is 0 Å². The third kappa shape index (κ3) is 1.62. The Bertz CT molecular complexity index is 428. The molecule has 16 heavy (non-hydrogen) atoms. The van der Waals surface area contributed by atoms with Crippen molar-refractivity contribution in [2.24, 2.45) is 10.9 Å². The SMILES string of the molecule is Nc1ccc2c(c1)C(C1CCCC1)=NCC2. The van der Waals surface area contributed by atoms with Crippen LogP contribution in [0, 0.1) is 5.92 Å². The van der Waals surface area contributed by atoms with E-state index in [1.165, 1.54) is 42.5 Å². The van der Waals surface area contributed by atoms with Crippen LogP contribution in [-0.2, 0) is 6.42 Å². The van der Waals surface area contributed by atoms with E-state index < -0.39 is 0 Å². The van der Waals surface area contributed by atoms with E-state index in [1.807, 2.05) is 6.07 Å². The lowest BCUT2D eigenvalue weighted by atomic mass is 9.88. The van der Waals surface area contributed by atoms with Gasteiger partial charge in [-0.25, -0.2) is 0 Å². The van der Waals surface area contributed by atoms with Crippen molar-refractivity contribution < 1.29 is 0 Å². The molecule has 0 saturated heterocycles. The first kappa shape index (κ1) is 9.88. The lowest BCUT2D eigenvalue weighted by molar-refractivity contribution is 0.716. The highest BCUT2D eigenvalue weighted by Crippen LogP contribution is 2.32. The highest BCUT2D eigenvalue weighted by atomic mass is 14.8. The van der Waals surface area contributed by atoms with Gasteiger partial charge in [0.05, 0.1) is 0 Å². The van der Waals surface area contributed by atoms with Gasteiger partial charge in [0.1, 0.15) is 0 Å². The monoisotopic (exact) mass is 214 g/mol. The molecule has 0 atom stereocenters. The summed E-state index contributed by atoms with van der Waals surface area (Å²) in [5.41, 5.74) is 10.9. The average molecular weight is 214 g/mol. The molecule has 0 radical (unpaired) electrons. The van der Waals surface area contributed by atoms with Crippen LogP contribution < -0.4 is 5.73 Å². The number of hydrogen-bond acceptors (Lipinski definition) is 2. The maximum atomic E-state index is 5.89. The number of hydrogen-bond donors (Lipinski definition) is 1. The van der Waals surface area contributed by atoms with Crippen molar-refractivity contribution >= 4 is 11.4 Å². The largest absolute Gasteiger partial charge is 0.399 e. The quantitative estimate of drug-likeness (QED) is 0.717. The number of anilines is 1. The maximum Gasteiger partial charge on any atom is 0.0455 e. The van der Waals surface area contributed by atoms with E-state index in [2.05, 4.69) is 12.1 Å². The van der Waals surface area contributed by atoms with Crippen LogP contribution in [0.2, 0.25) is 0 Å². The van der Waals surface area contributed by atoms with Crippen molar-refractivity contribution in [3.63, 3.8) is 0 Å². The van der Waals surface area contributed by atoms with E-state index in [4.69, 9.17) is 10.7 Å². The molecule has 2 heteroatoms.